The highest BCUT2D eigenvalue weighted by molar-refractivity contribution is 8.19. The Morgan fingerprint density at radius 1 is 1.07 bits per heavy atom. The van der Waals surface area contributed by atoms with E-state index < -0.39 is 62.7 Å². The maximum atomic E-state index is 13.8. The van der Waals surface area contributed by atoms with E-state index in [1.807, 2.05) is 44.2 Å². The largest absolute Gasteiger partial charge is 0.459 e. The molecule has 2 aromatic rings. The second-order valence-electron chi connectivity index (χ2n) is 10.9. The quantitative estimate of drug-likeness (QED) is 0.235. The number of fused-ring (bicyclic) bond motifs is 1. The van der Waals surface area contributed by atoms with Crippen molar-refractivity contribution in [2.45, 2.75) is 54.5 Å². The number of amides is 6. The summed E-state index contributed by atoms with van der Waals surface area (Å²) in [4.78, 5) is 83.0. The van der Waals surface area contributed by atoms with Crippen molar-refractivity contribution in [2.24, 2.45) is 0 Å². The van der Waals surface area contributed by atoms with Gasteiger partial charge in [0.1, 0.15) is 18.7 Å². The number of piperazine rings is 1. The minimum atomic E-state index is -1.23. The number of benzene rings is 1. The fourth-order valence-corrected chi connectivity index (χ4v) is 9.78. The number of nitrogens with one attached hydrogen (secondary N) is 2. The smallest absolute Gasteiger partial charge is 0.330 e. The van der Waals surface area contributed by atoms with Gasteiger partial charge in [0.2, 0.25) is 5.91 Å². The average Bonchev–Trinajstić information content (AvgIpc) is 3.62. The number of imide groups is 1. The van der Waals surface area contributed by atoms with E-state index in [0.717, 1.165) is 10.5 Å². The number of esters is 1. The molecule has 4 atom stereocenters. The number of urea groups is 1. The lowest BCUT2D eigenvalue weighted by Crippen LogP contribution is -2.77. The number of carbonyl (C=O) groups excluding carboxylic acids is 6. The van der Waals surface area contributed by atoms with Crippen LogP contribution in [-0.2, 0) is 35.3 Å². The van der Waals surface area contributed by atoms with Crippen molar-refractivity contribution in [1.29, 1.82) is 0 Å². The molecule has 3 aliphatic rings. The zero-order valence-corrected chi connectivity index (χ0v) is 27.1. The Balaban J connectivity index is 1.32. The first-order valence-corrected chi connectivity index (χ1v) is 16.9. The van der Waals surface area contributed by atoms with Crippen molar-refractivity contribution in [1.82, 2.24) is 25.3 Å². The second kappa shape index (κ2) is 12.4. The molecule has 1 aromatic heterocycles. The fourth-order valence-electron chi connectivity index (χ4n) is 5.61. The monoisotopic (exact) mass is 659 g/mol. The zero-order chi connectivity index (χ0) is 31.8. The lowest BCUT2D eigenvalue weighted by atomic mass is 9.95. The van der Waals surface area contributed by atoms with Crippen LogP contribution in [0, 0.1) is 0 Å². The maximum absolute atomic E-state index is 13.8. The van der Waals surface area contributed by atoms with Crippen LogP contribution >= 0.6 is 34.9 Å². The Morgan fingerprint density at radius 2 is 1.80 bits per heavy atom. The van der Waals surface area contributed by atoms with Gasteiger partial charge in [-0.15, -0.1) is 34.9 Å². The molecule has 6 amide bonds. The molecule has 0 bridgehead atoms. The third-order valence-electron chi connectivity index (χ3n) is 7.83. The van der Waals surface area contributed by atoms with Crippen molar-refractivity contribution >= 4 is 70.5 Å². The minimum Gasteiger partial charge on any atom is -0.459 e. The molecule has 0 aliphatic carbocycles. The highest BCUT2D eigenvalue weighted by Crippen LogP contribution is 2.63. The minimum absolute atomic E-state index is 0.0117. The van der Waals surface area contributed by atoms with E-state index in [2.05, 4.69) is 10.6 Å². The van der Waals surface area contributed by atoms with Crippen LogP contribution in [-0.4, -0.2) is 97.3 Å². The van der Waals surface area contributed by atoms with Crippen LogP contribution in [0.25, 0.3) is 0 Å². The zero-order valence-electron chi connectivity index (χ0n) is 24.6. The number of hydrogen-bond acceptors (Lipinski definition) is 10. The first-order valence-electron chi connectivity index (χ1n) is 14.0. The SMILES string of the molecule is CCN1CCN(C(=O)NC(C(=O)N[C@H]2C(=O)N3[C@@H](C(=O)OCc4ccccc4)C(C)(C)SC23SC)c2cccs2)C(=O)C1=O. The van der Waals surface area contributed by atoms with Crippen molar-refractivity contribution < 1.29 is 33.5 Å². The number of thioether (sulfide) groups is 2. The van der Waals surface area contributed by atoms with Crippen molar-refractivity contribution in [3.05, 3.63) is 58.3 Å². The number of rotatable bonds is 9. The molecule has 3 fully saturated rings. The summed E-state index contributed by atoms with van der Waals surface area (Å²) in [6.45, 7) is 6.04. The molecule has 2 N–H and O–H groups in total. The highest BCUT2D eigenvalue weighted by atomic mass is 32.2. The van der Waals surface area contributed by atoms with Crippen LogP contribution in [0.5, 0.6) is 0 Å². The van der Waals surface area contributed by atoms with Gasteiger partial charge in [-0.2, -0.15) is 0 Å². The summed E-state index contributed by atoms with van der Waals surface area (Å²) in [6.07, 6.45) is 1.80. The summed E-state index contributed by atoms with van der Waals surface area (Å²) in [5.41, 5.74) is 0.820. The van der Waals surface area contributed by atoms with Gasteiger partial charge in [-0.25, -0.2) is 9.59 Å². The molecule has 5 rings (SSSR count). The number of ether oxygens (including phenoxy) is 1. The topological polar surface area (TPSA) is 145 Å². The third kappa shape index (κ3) is 5.56. The molecule has 3 saturated heterocycles. The molecular weight excluding hydrogens is 627 g/mol. The lowest BCUT2D eigenvalue weighted by molar-refractivity contribution is -0.166. The van der Waals surface area contributed by atoms with Gasteiger partial charge in [0.15, 0.2) is 10.2 Å². The standard InChI is InChI=1S/C29H33N5O7S3/c1-5-32-13-14-33(25(38)24(32)37)27(40)30-19(18-12-9-15-43-18)22(35)31-20-23(36)34-21(28(2,3)44-29(20,34)42-4)26(39)41-16-17-10-7-6-8-11-17/h6-12,15,19-21H,5,13-14,16H2,1-4H3,(H,30,40)(H,31,35)/t19?,20-,21-,29?/m0/s1. The number of β-lactam (4-membered cyclic amide) rings is 1. The molecule has 0 saturated carbocycles. The van der Waals surface area contributed by atoms with Gasteiger partial charge < -0.3 is 20.3 Å². The van der Waals surface area contributed by atoms with Gasteiger partial charge in [0.05, 0.1) is 0 Å². The van der Waals surface area contributed by atoms with Crippen LogP contribution in [0.2, 0.25) is 0 Å². The predicted molar refractivity (Wildman–Crippen MR) is 166 cm³/mol. The summed E-state index contributed by atoms with van der Waals surface area (Å²) in [6, 6.07) is 8.60. The third-order valence-corrected chi connectivity index (χ3v) is 12.0. The van der Waals surface area contributed by atoms with Crippen LogP contribution < -0.4 is 10.6 Å². The average molecular weight is 660 g/mol. The first kappa shape index (κ1) is 31.9. The number of nitrogens with zero attached hydrogens (tertiary/aromatic N) is 3. The summed E-state index contributed by atoms with van der Waals surface area (Å²) in [5, 5.41) is 7.13. The van der Waals surface area contributed by atoms with Crippen LogP contribution in [0.4, 0.5) is 4.79 Å². The van der Waals surface area contributed by atoms with Gasteiger partial charge in [-0.1, -0.05) is 36.4 Å². The van der Waals surface area contributed by atoms with Gasteiger partial charge in [0.25, 0.3) is 5.91 Å². The summed E-state index contributed by atoms with van der Waals surface area (Å²) >= 11 is 3.95. The van der Waals surface area contributed by atoms with Crippen LogP contribution in [0.15, 0.2) is 47.8 Å². The summed E-state index contributed by atoms with van der Waals surface area (Å²) in [5.74, 6) is -3.40. The molecule has 44 heavy (non-hydrogen) atoms. The molecule has 15 heteroatoms. The Kier molecular flexibility index (Phi) is 9.01. The van der Waals surface area contributed by atoms with Gasteiger partial charge in [0, 0.05) is 29.3 Å². The molecule has 1 aromatic carbocycles. The molecule has 0 radical (unpaired) electrons. The lowest BCUT2D eigenvalue weighted by Gasteiger charge is -2.52. The summed E-state index contributed by atoms with van der Waals surface area (Å²) in [7, 11) is 0. The fraction of sp³-hybridized carbons (Fsp3) is 0.448. The van der Waals surface area contributed by atoms with Crippen molar-refractivity contribution in [2.75, 3.05) is 25.9 Å². The number of hydrogen-bond donors (Lipinski definition) is 2. The Morgan fingerprint density at radius 3 is 2.43 bits per heavy atom. The van der Waals surface area contributed by atoms with Crippen LogP contribution in [0.1, 0.15) is 37.3 Å². The summed E-state index contributed by atoms with van der Waals surface area (Å²) < 4.78 is 3.90. The molecule has 3 aliphatic heterocycles. The van der Waals surface area contributed by atoms with E-state index >= 15 is 0 Å². The Labute approximate surface area is 267 Å². The number of thiophene rings is 1. The van der Waals surface area contributed by atoms with E-state index in [1.54, 1.807) is 30.7 Å². The van der Waals surface area contributed by atoms with E-state index in [4.69, 9.17) is 4.74 Å². The van der Waals surface area contributed by atoms with E-state index in [-0.39, 0.29) is 19.7 Å². The van der Waals surface area contributed by atoms with E-state index in [1.165, 1.54) is 44.7 Å². The normalized spacial score (nSPS) is 24.8. The maximum Gasteiger partial charge on any atom is 0.330 e. The molecule has 12 nitrogen and oxygen atoms in total. The molecule has 234 valence electrons. The Hall–Kier alpha value is -3.56. The number of likely N-dealkylation sites (N-methyl/N-ethyl adjacent to an activating group) is 1. The second-order valence-corrected chi connectivity index (χ2v) is 15.1. The van der Waals surface area contributed by atoms with E-state index in [9.17, 15) is 28.8 Å². The molecular formula is C29H33N5O7S3. The van der Waals surface area contributed by atoms with Gasteiger partial charge >= 0.3 is 23.8 Å². The van der Waals surface area contributed by atoms with Gasteiger partial charge in [-0.3, -0.25) is 29.0 Å². The van der Waals surface area contributed by atoms with E-state index in [0.29, 0.717) is 11.4 Å². The number of carbonyl (C=O) groups is 6. The molecule has 2 unspecified atom stereocenters. The van der Waals surface area contributed by atoms with Crippen LogP contribution in [0.3, 0.4) is 0 Å². The molecule has 0 spiro atoms. The molecule has 4 heterocycles. The predicted octanol–water partition coefficient (Wildman–Crippen LogP) is 2.17. The van der Waals surface area contributed by atoms with Crippen molar-refractivity contribution in [3.8, 4) is 0 Å². The Bertz CT molecular complexity index is 1470. The van der Waals surface area contributed by atoms with Crippen molar-refractivity contribution in [3.63, 3.8) is 0 Å². The van der Waals surface area contributed by atoms with Gasteiger partial charge in [-0.05, 0) is 44.0 Å². The first-order chi connectivity index (χ1) is 20.9. The highest BCUT2D eigenvalue weighted by Gasteiger charge is 2.73.